The summed E-state index contributed by atoms with van der Waals surface area (Å²) in [5.74, 6) is 3.81. The van der Waals surface area contributed by atoms with Gasteiger partial charge in [0.25, 0.3) is 0 Å². The highest BCUT2D eigenvalue weighted by Crippen LogP contribution is 2.16. The Kier molecular flexibility index (Phi) is 8.27. The number of rotatable bonds is 10. The van der Waals surface area contributed by atoms with Gasteiger partial charge in [0, 0.05) is 12.2 Å². The second-order valence-electron chi connectivity index (χ2n) is 4.99. The summed E-state index contributed by atoms with van der Waals surface area (Å²) in [5, 5.41) is 7.00. The van der Waals surface area contributed by atoms with Crippen molar-refractivity contribution in [1.82, 2.24) is 5.32 Å². The molecule has 2 N–H and O–H groups in total. The van der Waals surface area contributed by atoms with Gasteiger partial charge < -0.3 is 19.8 Å². The van der Waals surface area contributed by atoms with Crippen LogP contribution in [0.4, 0.5) is 5.69 Å². The number of furan rings is 1. The van der Waals surface area contributed by atoms with Crippen LogP contribution in [0, 0.1) is 0 Å². The molecule has 0 amide bonds. The molecule has 0 fully saturated rings. The first-order chi connectivity index (χ1) is 11.8. The summed E-state index contributed by atoms with van der Waals surface area (Å²) in [6.07, 6.45) is 4.47. The van der Waals surface area contributed by atoms with E-state index in [1.165, 1.54) is 0 Å². The van der Waals surface area contributed by atoms with Gasteiger partial charge >= 0.3 is 0 Å². The maximum Gasteiger partial charge on any atom is 0.170 e. The van der Waals surface area contributed by atoms with Gasteiger partial charge in [0.15, 0.2) is 5.11 Å². The molecular weight excluding hydrogens is 340 g/mol. The monoisotopic (exact) mass is 362 g/mol. The zero-order chi connectivity index (χ0) is 17.0. The van der Waals surface area contributed by atoms with Gasteiger partial charge in [0.2, 0.25) is 0 Å². The minimum Gasteiger partial charge on any atom is -0.490 e. The van der Waals surface area contributed by atoms with Crippen LogP contribution in [0.2, 0.25) is 0 Å². The van der Waals surface area contributed by atoms with Crippen molar-refractivity contribution in [3.05, 3.63) is 61.1 Å². The lowest BCUT2D eigenvalue weighted by molar-refractivity contribution is 0.363. The molecule has 0 bridgehead atoms. The Labute approximate surface area is 152 Å². The highest BCUT2D eigenvalue weighted by atomic mass is 32.2. The zero-order valence-corrected chi connectivity index (χ0v) is 15.1. The summed E-state index contributed by atoms with van der Waals surface area (Å²) < 4.78 is 10.7. The number of hydrogen-bond donors (Lipinski definition) is 2. The number of nitrogens with one attached hydrogen (secondary N) is 2. The molecular formula is C18H22N2O2S2. The summed E-state index contributed by atoms with van der Waals surface area (Å²) in [5.41, 5.74) is 0.936. The Balaban J connectivity index is 1.56. The van der Waals surface area contributed by atoms with Gasteiger partial charge in [-0.3, -0.25) is 0 Å². The van der Waals surface area contributed by atoms with E-state index in [9.17, 15) is 0 Å². The van der Waals surface area contributed by atoms with Crippen molar-refractivity contribution < 1.29 is 9.15 Å². The molecule has 2 rings (SSSR count). The lowest BCUT2D eigenvalue weighted by atomic mass is 10.3. The van der Waals surface area contributed by atoms with E-state index >= 15 is 0 Å². The molecule has 128 valence electrons. The molecule has 0 unspecified atom stereocenters. The fourth-order valence-electron chi connectivity index (χ4n) is 1.91. The highest BCUT2D eigenvalue weighted by molar-refractivity contribution is 7.98. The van der Waals surface area contributed by atoms with Crippen molar-refractivity contribution in [2.24, 2.45) is 0 Å². The van der Waals surface area contributed by atoms with E-state index in [1.807, 2.05) is 48.2 Å². The summed E-state index contributed by atoms with van der Waals surface area (Å²) in [6.45, 7) is 4.97. The molecule has 0 spiro atoms. The van der Waals surface area contributed by atoms with Gasteiger partial charge in [-0.1, -0.05) is 12.7 Å². The summed E-state index contributed by atoms with van der Waals surface area (Å²) in [7, 11) is 0. The van der Waals surface area contributed by atoms with Crippen LogP contribution in [0.5, 0.6) is 5.75 Å². The van der Waals surface area contributed by atoms with E-state index < -0.39 is 0 Å². The van der Waals surface area contributed by atoms with Gasteiger partial charge in [-0.15, -0.1) is 0 Å². The smallest absolute Gasteiger partial charge is 0.170 e. The van der Waals surface area contributed by atoms with Gasteiger partial charge in [-0.2, -0.15) is 11.8 Å². The molecule has 1 heterocycles. The fraction of sp³-hybridized carbons (Fsp3) is 0.278. The molecule has 1 aromatic carbocycles. The van der Waals surface area contributed by atoms with Gasteiger partial charge in [0.05, 0.1) is 12.0 Å². The molecule has 2 aromatic rings. The maximum absolute atomic E-state index is 5.44. The largest absolute Gasteiger partial charge is 0.490 e. The van der Waals surface area contributed by atoms with Crippen molar-refractivity contribution in [3.8, 4) is 5.75 Å². The van der Waals surface area contributed by atoms with Crippen molar-refractivity contribution in [2.75, 3.05) is 24.2 Å². The Bertz CT molecular complexity index is 612. The normalized spacial score (nSPS) is 10.2. The number of hydrogen-bond acceptors (Lipinski definition) is 4. The Hall–Kier alpha value is -1.92. The average Bonchev–Trinajstić information content (AvgIpc) is 3.11. The van der Waals surface area contributed by atoms with Gasteiger partial charge in [-0.25, -0.2) is 0 Å². The topological polar surface area (TPSA) is 46.4 Å². The van der Waals surface area contributed by atoms with Crippen LogP contribution in [0.25, 0.3) is 0 Å². The van der Waals surface area contributed by atoms with Crippen molar-refractivity contribution >= 4 is 34.8 Å². The summed E-state index contributed by atoms with van der Waals surface area (Å²) in [4.78, 5) is 0. The Morgan fingerprint density at radius 3 is 2.83 bits per heavy atom. The minimum absolute atomic E-state index is 0.505. The Morgan fingerprint density at radius 2 is 2.12 bits per heavy atom. The van der Waals surface area contributed by atoms with Crippen LogP contribution in [0.3, 0.4) is 0 Å². The van der Waals surface area contributed by atoms with E-state index in [2.05, 4.69) is 17.2 Å². The first-order valence-electron chi connectivity index (χ1n) is 7.76. The highest BCUT2D eigenvalue weighted by Gasteiger charge is 1.99. The van der Waals surface area contributed by atoms with E-state index in [0.717, 1.165) is 41.7 Å². The molecule has 6 heteroatoms. The third-order valence-corrected chi connectivity index (χ3v) is 4.37. The average molecular weight is 363 g/mol. The van der Waals surface area contributed by atoms with Gasteiger partial charge in [0.1, 0.15) is 18.1 Å². The zero-order valence-electron chi connectivity index (χ0n) is 13.5. The van der Waals surface area contributed by atoms with Crippen LogP contribution in [-0.4, -0.2) is 24.0 Å². The number of anilines is 1. The van der Waals surface area contributed by atoms with Crippen molar-refractivity contribution in [1.29, 1.82) is 0 Å². The number of thioether (sulfide) groups is 1. The van der Waals surface area contributed by atoms with Crippen LogP contribution in [0.1, 0.15) is 12.2 Å². The molecule has 0 aliphatic rings. The van der Waals surface area contributed by atoms with Crippen molar-refractivity contribution in [3.63, 3.8) is 0 Å². The van der Waals surface area contributed by atoms with E-state index in [1.54, 1.807) is 12.3 Å². The van der Waals surface area contributed by atoms with Crippen LogP contribution in [-0.2, 0) is 5.75 Å². The molecule has 0 saturated carbocycles. The second kappa shape index (κ2) is 10.8. The van der Waals surface area contributed by atoms with Gasteiger partial charge in [-0.05, 0) is 60.8 Å². The van der Waals surface area contributed by atoms with E-state index in [-0.39, 0.29) is 0 Å². The number of benzene rings is 1. The minimum atomic E-state index is 0.505. The molecule has 0 aliphatic carbocycles. The van der Waals surface area contributed by atoms with E-state index in [0.29, 0.717) is 11.7 Å². The van der Waals surface area contributed by atoms with Crippen LogP contribution < -0.4 is 15.4 Å². The molecule has 0 aliphatic heterocycles. The Morgan fingerprint density at radius 1 is 1.29 bits per heavy atom. The lowest BCUT2D eigenvalue weighted by Gasteiger charge is -2.11. The number of thiocarbonyl (C=S) groups is 1. The van der Waals surface area contributed by atoms with E-state index in [4.69, 9.17) is 21.4 Å². The third kappa shape index (κ3) is 7.10. The second-order valence-corrected chi connectivity index (χ2v) is 6.50. The molecule has 4 nitrogen and oxygen atoms in total. The molecule has 0 radical (unpaired) electrons. The summed E-state index contributed by atoms with van der Waals surface area (Å²) >= 11 is 7.15. The fourth-order valence-corrected chi connectivity index (χ4v) is 2.99. The first-order valence-corrected chi connectivity index (χ1v) is 9.33. The third-order valence-electron chi connectivity index (χ3n) is 3.06. The first kappa shape index (κ1) is 18.4. The molecule has 1 aromatic heterocycles. The van der Waals surface area contributed by atoms with Crippen LogP contribution in [0.15, 0.2) is 59.7 Å². The molecule has 0 saturated heterocycles. The van der Waals surface area contributed by atoms with Crippen LogP contribution >= 0.6 is 24.0 Å². The standard InChI is InChI=1S/C18H22N2O2S2/c1-2-11-21-16-8-6-15(7-9-16)20-18(23)19-10-4-13-24-14-17-5-3-12-22-17/h2-3,5-9,12H,1,4,10-11,13-14H2,(H2,19,20,23). The summed E-state index contributed by atoms with van der Waals surface area (Å²) in [6, 6.07) is 11.6. The van der Waals surface area contributed by atoms with Crippen molar-refractivity contribution in [2.45, 2.75) is 12.2 Å². The quantitative estimate of drug-likeness (QED) is 0.370. The SMILES string of the molecule is C=CCOc1ccc(NC(=S)NCCCSCc2ccco2)cc1. The predicted molar refractivity (Wildman–Crippen MR) is 106 cm³/mol. The maximum atomic E-state index is 5.44. The predicted octanol–water partition coefficient (Wildman–Crippen LogP) is 4.45. The molecule has 24 heavy (non-hydrogen) atoms. The molecule has 0 atom stereocenters. The number of ether oxygens (including phenoxy) is 1. The lowest BCUT2D eigenvalue weighted by Crippen LogP contribution is -2.29.